The number of benzene rings is 1. The fourth-order valence-electron chi connectivity index (χ4n) is 5.73. The van der Waals surface area contributed by atoms with Gasteiger partial charge in [0.05, 0.1) is 37.0 Å². The van der Waals surface area contributed by atoms with Gasteiger partial charge in [0.25, 0.3) is 5.91 Å². The summed E-state index contributed by atoms with van der Waals surface area (Å²) in [6.07, 6.45) is 7.38. The van der Waals surface area contributed by atoms with E-state index in [1.165, 1.54) is 0 Å². The number of nitrogens with zero attached hydrogens (tertiary/aromatic N) is 1. The van der Waals surface area contributed by atoms with Crippen LogP contribution in [-0.2, 0) is 35.3 Å². The smallest absolute Gasteiger partial charge is 0.308 e. The summed E-state index contributed by atoms with van der Waals surface area (Å²) in [5.74, 6) is -2.47. The van der Waals surface area contributed by atoms with Crippen molar-refractivity contribution in [1.82, 2.24) is 10.2 Å². The highest BCUT2D eigenvalue weighted by Crippen LogP contribution is 2.44. The lowest BCUT2D eigenvalue weighted by molar-refractivity contribution is -0.153. The van der Waals surface area contributed by atoms with Crippen molar-refractivity contribution < 1.29 is 33.8 Å². The number of carbonyl (C=O) groups excluding carboxylic acids is 3. The van der Waals surface area contributed by atoms with Crippen LogP contribution in [0.5, 0.6) is 0 Å². The third kappa shape index (κ3) is 9.64. The van der Waals surface area contributed by atoms with Gasteiger partial charge in [0, 0.05) is 13.1 Å². The first-order chi connectivity index (χ1) is 18.8. The number of piperidine rings is 1. The minimum absolute atomic E-state index is 0.0865. The van der Waals surface area contributed by atoms with E-state index in [0.29, 0.717) is 39.0 Å². The molecule has 1 saturated heterocycles. The van der Waals surface area contributed by atoms with Gasteiger partial charge in [-0.3, -0.25) is 19.2 Å². The molecule has 9 nitrogen and oxygen atoms in total. The van der Waals surface area contributed by atoms with Crippen LogP contribution < -0.4 is 5.32 Å². The van der Waals surface area contributed by atoms with Crippen LogP contribution >= 0.6 is 0 Å². The van der Waals surface area contributed by atoms with Crippen molar-refractivity contribution in [2.24, 2.45) is 11.3 Å². The van der Waals surface area contributed by atoms with E-state index < -0.39 is 29.3 Å². The Morgan fingerprint density at radius 2 is 1.72 bits per heavy atom. The number of nitrogens with one attached hydrogen (secondary N) is 1. The van der Waals surface area contributed by atoms with Crippen LogP contribution in [0.2, 0.25) is 0 Å². The molecule has 0 radical (unpaired) electrons. The van der Waals surface area contributed by atoms with Gasteiger partial charge in [0.2, 0.25) is 5.91 Å². The molecule has 0 aromatic heterocycles. The fraction of sp³-hybridized carbons (Fsp3) is 0.667. The molecule has 2 atom stereocenters. The Labute approximate surface area is 231 Å². The number of ether oxygens (including phenoxy) is 2. The molecule has 0 bridgehead atoms. The first-order valence-electron chi connectivity index (χ1n) is 14.4. The molecule has 9 heteroatoms. The van der Waals surface area contributed by atoms with Crippen LogP contribution in [0.15, 0.2) is 30.3 Å². The molecule has 1 saturated carbocycles. The average Bonchev–Trinajstić information content (AvgIpc) is 3.42. The standard InChI is InChI=1S/C30H44N2O7/c1-2-11-24(28(35)36)19-30(14-7-8-15-30)29(37)31-25(21-38-20-23-12-5-3-6-13-23)18-27(34)39-22-26(33)32-16-9-4-10-17-32/h3,5-6,12-13,24-25H,2,4,7-11,14-22H2,1H3,(H,31,37)(H,35,36)/t24-,25+/m1/s1. The van der Waals surface area contributed by atoms with E-state index >= 15 is 0 Å². The van der Waals surface area contributed by atoms with Crippen molar-refractivity contribution in [1.29, 1.82) is 0 Å². The Balaban J connectivity index is 1.63. The molecule has 2 amide bonds. The SMILES string of the molecule is CCC[C@H](CC1(C(=O)N[C@H](COCc2ccccc2)CC(=O)OCC(=O)N2CCCCC2)CCCC1)C(=O)O. The Morgan fingerprint density at radius 1 is 1.03 bits per heavy atom. The second-order valence-electron chi connectivity index (χ2n) is 11.0. The lowest BCUT2D eigenvalue weighted by atomic mass is 9.75. The Morgan fingerprint density at radius 3 is 2.36 bits per heavy atom. The lowest BCUT2D eigenvalue weighted by Gasteiger charge is -2.32. The lowest BCUT2D eigenvalue weighted by Crippen LogP contribution is -2.48. The molecule has 0 unspecified atom stereocenters. The van der Waals surface area contributed by atoms with Gasteiger partial charge < -0.3 is 24.8 Å². The van der Waals surface area contributed by atoms with Crippen LogP contribution in [-0.4, -0.2) is 66.1 Å². The number of rotatable bonds is 15. The number of esters is 1. The molecule has 3 rings (SSSR count). The maximum absolute atomic E-state index is 13.7. The summed E-state index contributed by atoms with van der Waals surface area (Å²) in [5, 5.41) is 12.7. The number of likely N-dealkylation sites (tertiary alicyclic amines) is 1. The van der Waals surface area contributed by atoms with Gasteiger partial charge in [-0.05, 0) is 50.5 Å². The van der Waals surface area contributed by atoms with E-state index in [1.54, 1.807) is 4.90 Å². The predicted octanol–water partition coefficient (Wildman–Crippen LogP) is 4.09. The number of carboxylic acids is 1. The molecule has 1 aliphatic carbocycles. The molecule has 1 aromatic carbocycles. The van der Waals surface area contributed by atoms with Crippen molar-refractivity contribution in [2.45, 2.75) is 90.2 Å². The summed E-state index contributed by atoms with van der Waals surface area (Å²) < 4.78 is 11.2. The highest BCUT2D eigenvalue weighted by Gasteiger charge is 2.44. The largest absolute Gasteiger partial charge is 0.481 e. The zero-order chi connectivity index (χ0) is 28.1. The number of carbonyl (C=O) groups is 4. The summed E-state index contributed by atoms with van der Waals surface area (Å²) in [6, 6.07) is 8.94. The summed E-state index contributed by atoms with van der Waals surface area (Å²) >= 11 is 0. The summed E-state index contributed by atoms with van der Waals surface area (Å²) in [4.78, 5) is 52.4. The monoisotopic (exact) mass is 544 g/mol. The van der Waals surface area contributed by atoms with E-state index in [0.717, 1.165) is 44.1 Å². The first kappa shape index (κ1) is 30.6. The molecule has 2 N–H and O–H groups in total. The number of hydrogen-bond acceptors (Lipinski definition) is 6. The molecule has 1 aliphatic heterocycles. The molecule has 39 heavy (non-hydrogen) atoms. The zero-order valence-corrected chi connectivity index (χ0v) is 23.2. The highest BCUT2D eigenvalue weighted by molar-refractivity contribution is 5.85. The average molecular weight is 545 g/mol. The van der Waals surface area contributed by atoms with E-state index in [1.807, 2.05) is 37.3 Å². The molecule has 2 aliphatic rings. The van der Waals surface area contributed by atoms with E-state index in [2.05, 4.69) is 5.32 Å². The Hall–Kier alpha value is -2.94. The van der Waals surface area contributed by atoms with E-state index in [4.69, 9.17) is 9.47 Å². The maximum Gasteiger partial charge on any atom is 0.308 e. The maximum atomic E-state index is 13.7. The van der Waals surface area contributed by atoms with Crippen LogP contribution in [0.25, 0.3) is 0 Å². The van der Waals surface area contributed by atoms with Crippen LogP contribution in [0.4, 0.5) is 0 Å². The zero-order valence-electron chi connectivity index (χ0n) is 23.2. The van der Waals surface area contributed by atoms with Crippen molar-refractivity contribution in [3.8, 4) is 0 Å². The van der Waals surface area contributed by atoms with Crippen LogP contribution in [0.3, 0.4) is 0 Å². The van der Waals surface area contributed by atoms with Crippen molar-refractivity contribution in [2.75, 3.05) is 26.3 Å². The Bertz CT molecular complexity index is 940. The van der Waals surface area contributed by atoms with E-state index in [-0.39, 0.29) is 37.9 Å². The van der Waals surface area contributed by atoms with Gasteiger partial charge in [0.1, 0.15) is 0 Å². The van der Waals surface area contributed by atoms with Crippen molar-refractivity contribution in [3.63, 3.8) is 0 Å². The number of carboxylic acid groups (broad SMARTS) is 1. The molecular weight excluding hydrogens is 500 g/mol. The summed E-state index contributed by atoms with van der Waals surface area (Å²) in [7, 11) is 0. The summed E-state index contributed by atoms with van der Waals surface area (Å²) in [6.45, 7) is 3.39. The van der Waals surface area contributed by atoms with Gasteiger partial charge in [-0.1, -0.05) is 56.5 Å². The second-order valence-corrected chi connectivity index (χ2v) is 11.0. The van der Waals surface area contributed by atoms with Crippen LogP contribution in [0, 0.1) is 11.3 Å². The molecule has 0 spiro atoms. The third-order valence-electron chi connectivity index (χ3n) is 7.91. The third-order valence-corrected chi connectivity index (χ3v) is 7.91. The quantitative estimate of drug-likeness (QED) is 0.319. The van der Waals surface area contributed by atoms with Gasteiger partial charge in [-0.25, -0.2) is 0 Å². The van der Waals surface area contributed by atoms with Gasteiger partial charge in [-0.15, -0.1) is 0 Å². The van der Waals surface area contributed by atoms with Gasteiger partial charge in [0.15, 0.2) is 6.61 Å². The van der Waals surface area contributed by atoms with Crippen molar-refractivity contribution in [3.05, 3.63) is 35.9 Å². The molecule has 2 fully saturated rings. The van der Waals surface area contributed by atoms with Gasteiger partial charge >= 0.3 is 11.9 Å². The Kier molecular flexibility index (Phi) is 12.2. The molecule has 216 valence electrons. The topological polar surface area (TPSA) is 122 Å². The van der Waals surface area contributed by atoms with Gasteiger partial charge in [-0.2, -0.15) is 0 Å². The first-order valence-corrected chi connectivity index (χ1v) is 14.4. The summed E-state index contributed by atoms with van der Waals surface area (Å²) in [5.41, 5.74) is 0.192. The molecule has 1 aromatic rings. The number of amides is 2. The second kappa shape index (κ2) is 15.6. The molecule has 1 heterocycles. The molecular formula is C30H44N2O7. The minimum Gasteiger partial charge on any atom is -0.481 e. The normalized spacial score (nSPS) is 18.2. The van der Waals surface area contributed by atoms with E-state index in [9.17, 15) is 24.3 Å². The highest BCUT2D eigenvalue weighted by atomic mass is 16.5. The van der Waals surface area contributed by atoms with Crippen LogP contribution in [0.1, 0.15) is 83.1 Å². The van der Waals surface area contributed by atoms with Crippen molar-refractivity contribution >= 4 is 23.8 Å². The number of aliphatic carboxylic acids is 1. The minimum atomic E-state index is -0.874. The number of hydrogen-bond donors (Lipinski definition) is 2. The fourth-order valence-corrected chi connectivity index (χ4v) is 5.73. The predicted molar refractivity (Wildman–Crippen MR) is 146 cm³/mol.